The molecule has 0 aromatic heterocycles. The molecule has 1 atom stereocenters. The highest BCUT2D eigenvalue weighted by Crippen LogP contribution is 2.31. The third kappa shape index (κ3) is 5.26. The van der Waals surface area contributed by atoms with Crippen LogP contribution in [-0.4, -0.2) is 49.5 Å². The maximum absolute atomic E-state index is 6.29. The first kappa shape index (κ1) is 17.8. The van der Waals surface area contributed by atoms with Crippen molar-refractivity contribution in [2.24, 2.45) is 5.92 Å². The standard InChI is InChI=1S/C19H33NO2/c1-4-19(10-6-5-7-11-19)22-16-18(15-21-14-17(2)3)20-12-8-9-13-20/h1,17-18H,5-16H2,2-3H3. The van der Waals surface area contributed by atoms with E-state index in [1.807, 2.05) is 0 Å². The number of nitrogens with zero attached hydrogens (tertiary/aromatic N) is 1. The zero-order chi connectivity index (χ0) is 15.8. The molecule has 0 bridgehead atoms. The lowest BCUT2D eigenvalue weighted by Crippen LogP contribution is -2.44. The second kappa shape index (κ2) is 8.91. The van der Waals surface area contributed by atoms with Crippen molar-refractivity contribution >= 4 is 0 Å². The number of ether oxygens (including phenoxy) is 2. The van der Waals surface area contributed by atoms with E-state index in [-0.39, 0.29) is 5.60 Å². The van der Waals surface area contributed by atoms with E-state index in [0.29, 0.717) is 18.6 Å². The van der Waals surface area contributed by atoms with Gasteiger partial charge in [-0.15, -0.1) is 6.42 Å². The Morgan fingerprint density at radius 2 is 1.68 bits per heavy atom. The van der Waals surface area contributed by atoms with E-state index < -0.39 is 0 Å². The molecule has 22 heavy (non-hydrogen) atoms. The third-order valence-corrected chi connectivity index (χ3v) is 4.89. The van der Waals surface area contributed by atoms with Crippen molar-refractivity contribution in [3.8, 4) is 12.3 Å². The first-order chi connectivity index (χ1) is 10.7. The molecule has 0 N–H and O–H groups in total. The van der Waals surface area contributed by atoms with Gasteiger partial charge in [0.25, 0.3) is 0 Å². The van der Waals surface area contributed by atoms with Gasteiger partial charge in [0.05, 0.1) is 19.3 Å². The second-order valence-corrected chi connectivity index (χ2v) is 7.34. The molecule has 2 aliphatic rings. The van der Waals surface area contributed by atoms with Gasteiger partial charge in [-0.25, -0.2) is 0 Å². The van der Waals surface area contributed by atoms with Gasteiger partial charge in [-0.2, -0.15) is 0 Å². The summed E-state index contributed by atoms with van der Waals surface area (Å²) in [5, 5.41) is 0. The summed E-state index contributed by atoms with van der Waals surface area (Å²) in [6.45, 7) is 9.02. The quantitative estimate of drug-likeness (QED) is 0.641. The van der Waals surface area contributed by atoms with Crippen LogP contribution in [0.2, 0.25) is 0 Å². The Kier molecular flexibility index (Phi) is 7.21. The number of hydrogen-bond donors (Lipinski definition) is 0. The molecule has 0 aromatic carbocycles. The average molecular weight is 307 g/mol. The van der Waals surface area contributed by atoms with Crippen molar-refractivity contribution in [2.45, 2.75) is 70.4 Å². The van der Waals surface area contributed by atoms with Gasteiger partial charge in [-0.05, 0) is 57.5 Å². The van der Waals surface area contributed by atoms with Gasteiger partial charge in [0.1, 0.15) is 5.60 Å². The SMILES string of the molecule is C#CC1(OCC(COCC(C)C)N2CCCC2)CCCCC1. The van der Waals surface area contributed by atoms with E-state index in [9.17, 15) is 0 Å². The molecule has 1 heterocycles. The van der Waals surface area contributed by atoms with Crippen LogP contribution in [0, 0.1) is 18.3 Å². The van der Waals surface area contributed by atoms with Crippen LogP contribution in [0.4, 0.5) is 0 Å². The summed E-state index contributed by atoms with van der Waals surface area (Å²) in [4.78, 5) is 2.52. The zero-order valence-electron chi connectivity index (χ0n) is 14.5. The molecule has 3 nitrogen and oxygen atoms in total. The number of likely N-dealkylation sites (tertiary alicyclic amines) is 1. The molecule has 1 saturated heterocycles. The van der Waals surface area contributed by atoms with Crippen LogP contribution < -0.4 is 0 Å². The van der Waals surface area contributed by atoms with Crippen LogP contribution in [0.25, 0.3) is 0 Å². The number of hydrogen-bond acceptors (Lipinski definition) is 3. The van der Waals surface area contributed by atoms with Crippen molar-refractivity contribution in [2.75, 3.05) is 32.9 Å². The van der Waals surface area contributed by atoms with Crippen molar-refractivity contribution in [1.29, 1.82) is 0 Å². The molecule has 1 aliphatic carbocycles. The van der Waals surface area contributed by atoms with Crippen LogP contribution in [-0.2, 0) is 9.47 Å². The Morgan fingerprint density at radius 1 is 1.00 bits per heavy atom. The number of terminal acetylenes is 1. The summed E-state index contributed by atoms with van der Waals surface area (Å²) in [5.41, 5.74) is -0.311. The second-order valence-electron chi connectivity index (χ2n) is 7.34. The minimum Gasteiger partial charge on any atom is -0.379 e. The fourth-order valence-electron chi connectivity index (χ4n) is 3.51. The monoisotopic (exact) mass is 307 g/mol. The molecule has 0 aromatic rings. The van der Waals surface area contributed by atoms with E-state index in [1.54, 1.807) is 0 Å². The Labute approximate surface area is 136 Å². The fourth-order valence-corrected chi connectivity index (χ4v) is 3.51. The van der Waals surface area contributed by atoms with E-state index in [2.05, 4.69) is 24.7 Å². The van der Waals surface area contributed by atoms with Gasteiger partial charge in [0.2, 0.25) is 0 Å². The molecule has 1 aliphatic heterocycles. The largest absolute Gasteiger partial charge is 0.379 e. The van der Waals surface area contributed by atoms with Crippen molar-refractivity contribution in [1.82, 2.24) is 4.90 Å². The molecule has 3 heteroatoms. The van der Waals surface area contributed by atoms with E-state index in [4.69, 9.17) is 15.9 Å². The van der Waals surface area contributed by atoms with Crippen molar-refractivity contribution in [3.05, 3.63) is 0 Å². The molecule has 0 amide bonds. The summed E-state index contributed by atoms with van der Waals surface area (Å²) >= 11 is 0. The zero-order valence-corrected chi connectivity index (χ0v) is 14.5. The van der Waals surface area contributed by atoms with Crippen LogP contribution in [0.5, 0.6) is 0 Å². The van der Waals surface area contributed by atoms with E-state index in [1.165, 1.54) is 45.2 Å². The van der Waals surface area contributed by atoms with Gasteiger partial charge in [0, 0.05) is 6.61 Å². The normalized spacial score (nSPS) is 23.5. The van der Waals surface area contributed by atoms with Gasteiger partial charge in [-0.3, -0.25) is 4.90 Å². The molecular weight excluding hydrogens is 274 g/mol. The Balaban J connectivity index is 1.86. The smallest absolute Gasteiger partial charge is 0.128 e. The molecule has 0 radical (unpaired) electrons. The minimum atomic E-state index is -0.311. The predicted molar refractivity (Wildman–Crippen MR) is 90.9 cm³/mol. The molecular formula is C19H33NO2. The summed E-state index contributed by atoms with van der Waals surface area (Å²) in [6.07, 6.45) is 14.1. The Bertz CT molecular complexity index is 349. The Morgan fingerprint density at radius 3 is 2.27 bits per heavy atom. The lowest BCUT2D eigenvalue weighted by molar-refractivity contribution is -0.0658. The van der Waals surface area contributed by atoms with Crippen LogP contribution in [0.1, 0.15) is 58.8 Å². The summed E-state index contributed by atoms with van der Waals surface area (Å²) in [5.74, 6) is 3.54. The van der Waals surface area contributed by atoms with Gasteiger partial charge in [0.15, 0.2) is 0 Å². The molecule has 0 spiro atoms. The lowest BCUT2D eigenvalue weighted by atomic mass is 9.85. The Hall–Kier alpha value is -0.560. The van der Waals surface area contributed by atoms with Gasteiger partial charge in [-0.1, -0.05) is 26.2 Å². The molecule has 2 rings (SSSR count). The average Bonchev–Trinajstić information content (AvgIpc) is 3.05. The number of rotatable bonds is 8. The lowest BCUT2D eigenvalue weighted by Gasteiger charge is -2.36. The van der Waals surface area contributed by atoms with Gasteiger partial charge >= 0.3 is 0 Å². The van der Waals surface area contributed by atoms with E-state index in [0.717, 1.165) is 26.1 Å². The van der Waals surface area contributed by atoms with Crippen LogP contribution in [0.3, 0.4) is 0 Å². The molecule has 1 saturated carbocycles. The maximum Gasteiger partial charge on any atom is 0.128 e. The molecule has 126 valence electrons. The summed E-state index contributed by atoms with van der Waals surface area (Å²) in [7, 11) is 0. The first-order valence-electron chi connectivity index (χ1n) is 9.09. The van der Waals surface area contributed by atoms with E-state index >= 15 is 0 Å². The highest BCUT2D eigenvalue weighted by atomic mass is 16.5. The summed E-state index contributed by atoms with van der Waals surface area (Å²) in [6, 6.07) is 0.355. The minimum absolute atomic E-state index is 0.311. The third-order valence-electron chi connectivity index (χ3n) is 4.89. The first-order valence-corrected chi connectivity index (χ1v) is 9.09. The van der Waals surface area contributed by atoms with Crippen molar-refractivity contribution < 1.29 is 9.47 Å². The highest BCUT2D eigenvalue weighted by molar-refractivity contribution is 5.10. The summed E-state index contributed by atoms with van der Waals surface area (Å²) < 4.78 is 12.2. The van der Waals surface area contributed by atoms with Crippen LogP contribution in [0.15, 0.2) is 0 Å². The van der Waals surface area contributed by atoms with Crippen LogP contribution >= 0.6 is 0 Å². The topological polar surface area (TPSA) is 21.7 Å². The molecule has 1 unspecified atom stereocenters. The van der Waals surface area contributed by atoms with Crippen molar-refractivity contribution in [3.63, 3.8) is 0 Å². The fraction of sp³-hybridized carbons (Fsp3) is 0.895. The predicted octanol–water partition coefficient (Wildman–Crippen LogP) is 3.48. The maximum atomic E-state index is 6.29. The molecule has 2 fully saturated rings. The highest BCUT2D eigenvalue weighted by Gasteiger charge is 2.33. The van der Waals surface area contributed by atoms with Gasteiger partial charge < -0.3 is 9.47 Å².